The number of hydrogen-bond donors (Lipinski definition) is 5. The van der Waals surface area contributed by atoms with Crippen LogP contribution in [-0.4, -0.2) is 89.3 Å². The molecule has 2 aromatic rings. The highest BCUT2D eigenvalue weighted by molar-refractivity contribution is 5.88. The van der Waals surface area contributed by atoms with E-state index in [1.807, 2.05) is 48.5 Å². The first-order valence-corrected chi connectivity index (χ1v) is 25.9. The van der Waals surface area contributed by atoms with E-state index in [9.17, 15) is 38.7 Å². The third-order valence-corrected chi connectivity index (χ3v) is 12.1. The molecule has 5 N–H and O–H groups in total. The number of nitrogens with one attached hydrogen (secondary N) is 4. The molecule has 390 valence electrons. The van der Waals surface area contributed by atoms with Crippen molar-refractivity contribution in [3.8, 4) is 11.1 Å². The predicted octanol–water partition coefficient (Wildman–Crippen LogP) is 9.96. The number of alkyl carbamates (subject to hydrolysis) is 1. The van der Waals surface area contributed by atoms with Gasteiger partial charge in [0.15, 0.2) is 0 Å². The lowest BCUT2D eigenvalue weighted by Gasteiger charge is -2.26. The molecule has 3 atom stereocenters. The fourth-order valence-electron chi connectivity index (χ4n) is 8.46. The van der Waals surface area contributed by atoms with Gasteiger partial charge in [-0.2, -0.15) is 0 Å². The van der Waals surface area contributed by atoms with Gasteiger partial charge in [0, 0.05) is 31.7 Å². The maximum atomic E-state index is 13.3. The summed E-state index contributed by atoms with van der Waals surface area (Å²) in [6.45, 7) is 12.7. The molecule has 4 amide bonds. The molecule has 15 nitrogen and oxygen atoms in total. The Balaban J connectivity index is 1.41. The van der Waals surface area contributed by atoms with E-state index in [0.29, 0.717) is 19.3 Å². The van der Waals surface area contributed by atoms with Gasteiger partial charge in [-0.3, -0.25) is 14.4 Å². The van der Waals surface area contributed by atoms with Crippen molar-refractivity contribution in [2.45, 2.75) is 219 Å². The van der Waals surface area contributed by atoms with Crippen LogP contribution in [0.15, 0.2) is 48.5 Å². The average molecular weight is 977 g/mol. The molecule has 0 spiro atoms. The van der Waals surface area contributed by atoms with Gasteiger partial charge in [-0.25, -0.2) is 19.2 Å². The van der Waals surface area contributed by atoms with Gasteiger partial charge in [-0.1, -0.05) is 133 Å². The van der Waals surface area contributed by atoms with Crippen LogP contribution >= 0.6 is 0 Å². The number of hydrogen-bond acceptors (Lipinski definition) is 10. The number of amides is 4. The van der Waals surface area contributed by atoms with Gasteiger partial charge in [0.1, 0.15) is 35.9 Å². The van der Waals surface area contributed by atoms with Crippen LogP contribution < -0.4 is 21.3 Å². The van der Waals surface area contributed by atoms with Gasteiger partial charge in [-0.05, 0) is 102 Å². The molecule has 0 aromatic heterocycles. The van der Waals surface area contributed by atoms with Crippen molar-refractivity contribution in [2.75, 3.05) is 13.2 Å². The van der Waals surface area contributed by atoms with Crippen molar-refractivity contribution in [1.82, 2.24) is 21.3 Å². The number of carboxylic acids is 1. The number of esters is 2. The van der Waals surface area contributed by atoms with Crippen LogP contribution in [0.1, 0.15) is 200 Å². The third kappa shape index (κ3) is 23.4. The maximum absolute atomic E-state index is 13.3. The van der Waals surface area contributed by atoms with Gasteiger partial charge in [0.2, 0.25) is 17.7 Å². The molecule has 0 bridgehead atoms. The Morgan fingerprint density at radius 1 is 0.529 bits per heavy atom. The number of fused-ring (bicyclic) bond motifs is 3. The van der Waals surface area contributed by atoms with Crippen molar-refractivity contribution >= 4 is 41.7 Å². The first kappa shape index (κ1) is 58.8. The molecule has 0 radical (unpaired) electrons. The van der Waals surface area contributed by atoms with E-state index in [-0.39, 0.29) is 63.5 Å². The minimum atomic E-state index is -1.21. The fourth-order valence-corrected chi connectivity index (χ4v) is 8.46. The second-order valence-corrected chi connectivity index (χ2v) is 20.6. The summed E-state index contributed by atoms with van der Waals surface area (Å²) in [5.74, 6) is -4.05. The second kappa shape index (κ2) is 31.0. The van der Waals surface area contributed by atoms with Gasteiger partial charge in [0.25, 0.3) is 0 Å². The number of carbonyl (C=O) groups excluding carboxylic acids is 6. The topological polar surface area (TPSA) is 216 Å². The second-order valence-electron chi connectivity index (χ2n) is 20.6. The lowest BCUT2D eigenvalue weighted by molar-refractivity contribution is -0.160. The molecule has 15 heteroatoms. The Hall–Kier alpha value is -5.47. The molecular formula is C55H84N4O11. The lowest BCUT2D eigenvalue weighted by Crippen LogP contribution is -2.47. The Morgan fingerprint density at radius 2 is 0.971 bits per heavy atom. The van der Waals surface area contributed by atoms with Crippen molar-refractivity contribution in [3.05, 3.63) is 59.7 Å². The number of ether oxygens (including phenoxy) is 3. The standard InChI is InChI=1S/C55H84N4O11/c1-8-9-10-11-12-13-14-15-16-17-18-19-20-32-48(61)57-46(52(66)70-55(5,6)7)34-36-49(62)58-45(51(65)69-54(2,3)4)33-35-47(60)56-37-26-25-31-44(50(63)64)59-53(67)68-38-43-41-29-23-21-27-39(41)40-28-22-24-30-42(40)43/h21-24,27-30,43-46H,8-20,25-26,31-38H2,1-7H3,(H,56,60)(H,57,61)(H,58,62)(H,59,67)(H,63,64)/t44-,45-,46-/m0/s1. The van der Waals surface area contributed by atoms with Crippen molar-refractivity contribution in [2.24, 2.45) is 0 Å². The number of benzene rings is 2. The monoisotopic (exact) mass is 977 g/mol. The van der Waals surface area contributed by atoms with Gasteiger partial charge in [-0.15, -0.1) is 0 Å². The van der Waals surface area contributed by atoms with E-state index in [2.05, 4.69) is 28.2 Å². The highest BCUT2D eigenvalue weighted by Gasteiger charge is 2.32. The van der Waals surface area contributed by atoms with Crippen LogP contribution in [0.2, 0.25) is 0 Å². The number of carbonyl (C=O) groups is 7. The number of carboxylic acid groups (broad SMARTS) is 1. The van der Waals surface area contributed by atoms with Crippen molar-refractivity contribution < 1.29 is 52.9 Å². The Labute approximate surface area is 417 Å². The molecule has 0 unspecified atom stereocenters. The third-order valence-electron chi connectivity index (χ3n) is 12.1. The van der Waals surface area contributed by atoms with E-state index in [1.54, 1.807) is 41.5 Å². The lowest BCUT2D eigenvalue weighted by atomic mass is 9.98. The average Bonchev–Trinajstić information content (AvgIpc) is 3.61. The van der Waals surface area contributed by atoms with E-state index >= 15 is 0 Å². The summed E-state index contributed by atoms with van der Waals surface area (Å²) >= 11 is 0. The summed E-state index contributed by atoms with van der Waals surface area (Å²) < 4.78 is 16.7. The zero-order chi connectivity index (χ0) is 51.5. The summed E-state index contributed by atoms with van der Waals surface area (Å²) in [4.78, 5) is 90.4. The van der Waals surface area contributed by atoms with Crippen LogP contribution in [0, 0.1) is 0 Å². The zero-order valence-electron chi connectivity index (χ0n) is 43.2. The van der Waals surface area contributed by atoms with Crippen LogP contribution in [0.3, 0.4) is 0 Å². The quantitative estimate of drug-likeness (QED) is 0.0258. The SMILES string of the molecule is CCCCCCCCCCCCCCCC(=O)N[C@@H](CCC(=O)N[C@@H](CCC(=O)NCCCC[C@H](NC(=O)OCC1c2ccccc2-c2ccccc21)C(=O)O)C(=O)OC(C)(C)C)C(=O)OC(C)(C)C. The normalized spacial score (nSPS) is 13.5. The molecule has 0 fully saturated rings. The zero-order valence-corrected chi connectivity index (χ0v) is 43.2. The van der Waals surface area contributed by atoms with Crippen LogP contribution in [-0.2, 0) is 43.0 Å². The van der Waals surface area contributed by atoms with Gasteiger partial charge in [0.05, 0.1) is 0 Å². The van der Waals surface area contributed by atoms with Crippen LogP contribution in [0.25, 0.3) is 11.1 Å². The molecule has 0 aliphatic heterocycles. The summed E-state index contributed by atoms with van der Waals surface area (Å²) in [5, 5.41) is 20.5. The first-order chi connectivity index (χ1) is 33.3. The fraction of sp³-hybridized carbons (Fsp3) is 0.655. The van der Waals surface area contributed by atoms with Gasteiger partial charge < -0.3 is 40.6 Å². The first-order valence-electron chi connectivity index (χ1n) is 25.9. The number of unbranched alkanes of at least 4 members (excludes halogenated alkanes) is 13. The smallest absolute Gasteiger partial charge is 0.407 e. The maximum Gasteiger partial charge on any atom is 0.407 e. The number of aliphatic carboxylic acids is 1. The summed E-state index contributed by atoms with van der Waals surface area (Å²) in [6.07, 6.45) is 15.1. The van der Waals surface area contributed by atoms with E-state index in [0.717, 1.165) is 41.5 Å². The molecule has 70 heavy (non-hydrogen) atoms. The Bertz CT molecular complexity index is 1930. The molecule has 2 aromatic carbocycles. The molecule has 0 heterocycles. The Morgan fingerprint density at radius 3 is 1.44 bits per heavy atom. The number of rotatable bonds is 33. The van der Waals surface area contributed by atoms with Crippen LogP contribution in [0.4, 0.5) is 4.79 Å². The molecule has 1 aliphatic rings. The van der Waals surface area contributed by atoms with E-state index in [1.165, 1.54) is 57.8 Å². The van der Waals surface area contributed by atoms with E-state index in [4.69, 9.17) is 14.2 Å². The summed E-state index contributed by atoms with van der Waals surface area (Å²) in [7, 11) is 0. The molecular weight excluding hydrogens is 893 g/mol. The Kier molecular flexibility index (Phi) is 26.0. The minimum absolute atomic E-state index is 0.0461. The highest BCUT2D eigenvalue weighted by Crippen LogP contribution is 2.44. The highest BCUT2D eigenvalue weighted by atomic mass is 16.6. The molecule has 3 rings (SSSR count). The predicted molar refractivity (Wildman–Crippen MR) is 271 cm³/mol. The van der Waals surface area contributed by atoms with Crippen molar-refractivity contribution in [3.63, 3.8) is 0 Å². The van der Waals surface area contributed by atoms with Crippen molar-refractivity contribution in [1.29, 1.82) is 0 Å². The molecule has 0 saturated heterocycles. The largest absolute Gasteiger partial charge is 0.480 e. The molecule has 1 aliphatic carbocycles. The minimum Gasteiger partial charge on any atom is -0.480 e. The summed E-state index contributed by atoms with van der Waals surface area (Å²) in [5.41, 5.74) is 2.52. The van der Waals surface area contributed by atoms with E-state index < -0.39 is 65.1 Å². The van der Waals surface area contributed by atoms with Gasteiger partial charge >= 0.3 is 24.0 Å². The summed E-state index contributed by atoms with van der Waals surface area (Å²) in [6, 6.07) is 12.4. The van der Waals surface area contributed by atoms with Crippen LogP contribution in [0.5, 0.6) is 0 Å². The molecule has 0 saturated carbocycles.